The second kappa shape index (κ2) is 7.15. The monoisotopic (exact) mass is 450 g/mol. The van der Waals surface area contributed by atoms with Gasteiger partial charge in [-0.15, -0.1) is 0 Å². The van der Waals surface area contributed by atoms with Crippen LogP contribution in [0.5, 0.6) is 0 Å². The van der Waals surface area contributed by atoms with Crippen molar-refractivity contribution in [1.82, 2.24) is 19.9 Å². The quantitative estimate of drug-likeness (QED) is 0.429. The first kappa shape index (κ1) is 20.4. The van der Waals surface area contributed by atoms with Crippen molar-refractivity contribution in [2.75, 3.05) is 9.80 Å². The van der Waals surface area contributed by atoms with Gasteiger partial charge in [0.25, 0.3) is 11.8 Å². The normalized spacial score (nSPS) is 17.6. The van der Waals surface area contributed by atoms with Crippen molar-refractivity contribution in [3.63, 3.8) is 0 Å². The molecule has 34 heavy (non-hydrogen) atoms. The zero-order valence-corrected chi connectivity index (χ0v) is 19.3. The molecule has 8 nitrogen and oxygen atoms in total. The standard InChI is InChI=1S/C26H22N6O2/c1-13(2)31-23-21(27-15-9-5-7-11-17(15)29-23)19(25(31)33)20-22-24(32(14(3)4)26(20)34)30-18-12-8-6-10-16(18)28-22/h5-14H,1-4H3/b20-19+. The fourth-order valence-electron chi connectivity index (χ4n) is 4.70. The van der Waals surface area contributed by atoms with E-state index in [0.717, 1.165) is 0 Å². The molecule has 0 saturated carbocycles. The number of amides is 2. The average molecular weight is 451 g/mol. The van der Waals surface area contributed by atoms with Crippen molar-refractivity contribution in [3.05, 3.63) is 59.9 Å². The molecule has 0 aliphatic carbocycles. The molecule has 2 aromatic heterocycles. The number of hydrogen-bond acceptors (Lipinski definition) is 6. The topological polar surface area (TPSA) is 92.2 Å². The van der Waals surface area contributed by atoms with Crippen LogP contribution >= 0.6 is 0 Å². The summed E-state index contributed by atoms with van der Waals surface area (Å²) in [6.07, 6.45) is 0. The molecule has 0 atom stereocenters. The van der Waals surface area contributed by atoms with Crippen LogP contribution in [-0.2, 0) is 9.59 Å². The molecule has 0 N–H and O–H groups in total. The van der Waals surface area contributed by atoms with Crippen LogP contribution in [0.4, 0.5) is 11.6 Å². The lowest BCUT2D eigenvalue weighted by atomic mass is 10.0. The van der Waals surface area contributed by atoms with Gasteiger partial charge in [-0.05, 0) is 52.0 Å². The Hall–Kier alpha value is -4.20. The van der Waals surface area contributed by atoms with Crippen molar-refractivity contribution < 1.29 is 9.59 Å². The molecule has 0 unspecified atom stereocenters. The van der Waals surface area contributed by atoms with Crippen LogP contribution in [0.2, 0.25) is 0 Å². The highest BCUT2D eigenvalue weighted by Crippen LogP contribution is 2.46. The Morgan fingerprint density at radius 2 is 0.882 bits per heavy atom. The molecule has 4 aromatic rings. The van der Waals surface area contributed by atoms with E-state index in [0.29, 0.717) is 45.1 Å². The van der Waals surface area contributed by atoms with Crippen molar-refractivity contribution in [3.8, 4) is 0 Å². The van der Waals surface area contributed by atoms with E-state index in [1.807, 2.05) is 76.2 Å². The number of aromatic nitrogens is 4. The number of para-hydroxylation sites is 4. The summed E-state index contributed by atoms with van der Waals surface area (Å²) >= 11 is 0. The highest BCUT2D eigenvalue weighted by molar-refractivity contribution is 6.49. The predicted molar refractivity (Wildman–Crippen MR) is 131 cm³/mol. The lowest BCUT2D eigenvalue weighted by Crippen LogP contribution is -2.35. The molecule has 2 aliphatic rings. The summed E-state index contributed by atoms with van der Waals surface area (Å²) in [4.78, 5) is 50.0. The Balaban J connectivity index is 1.72. The second-order valence-electron chi connectivity index (χ2n) is 9.06. The second-order valence-corrected chi connectivity index (χ2v) is 9.06. The van der Waals surface area contributed by atoms with Gasteiger partial charge in [-0.2, -0.15) is 0 Å². The molecule has 168 valence electrons. The average Bonchev–Trinajstić information content (AvgIpc) is 3.24. The fourth-order valence-corrected chi connectivity index (χ4v) is 4.70. The fraction of sp³-hybridized carbons (Fsp3) is 0.231. The van der Waals surface area contributed by atoms with Gasteiger partial charge in [0.2, 0.25) is 0 Å². The number of rotatable bonds is 2. The number of hydrogen-bond donors (Lipinski definition) is 0. The predicted octanol–water partition coefficient (Wildman–Crippen LogP) is 3.99. The summed E-state index contributed by atoms with van der Waals surface area (Å²) in [6, 6.07) is 14.6. The van der Waals surface area contributed by atoms with E-state index in [9.17, 15) is 9.59 Å². The number of benzene rings is 2. The first-order chi connectivity index (χ1) is 16.4. The third-order valence-corrected chi connectivity index (χ3v) is 6.18. The number of fused-ring (bicyclic) bond motifs is 4. The maximum atomic E-state index is 13.8. The van der Waals surface area contributed by atoms with E-state index in [-0.39, 0.29) is 35.0 Å². The Kier molecular flexibility index (Phi) is 4.29. The summed E-state index contributed by atoms with van der Waals surface area (Å²) in [7, 11) is 0. The maximum Gasteiger partial charge on any atom is 0.262 e. The van der Waals surface area contributed by atoms with Gasteiger partial charge in [-0.25, -0.2) is 19.9 Å². The maximum absolute atomic E-state index is 13.8. The Morgan fingerprint density at radius 3 is 1.21 bits per heavy atom. The molecular weight excluding hydrogens is 428 g/mol. The molecule has 2 aliphatic heterocycles. The van der Waals surface area contributed by atoms with E-state index in [4.69, 9.17) is 19.9 Å². The summed E-state index contributed by atoms with van der Waals surface area (Å²) in [5.41, 5.74) is 4.00. The van der Waals surface area contributed by atoms with Gasteiger partial charge in [-0.3, -0.25) is 19.4 Å². The largest absolute Gasteiger partial charge is 0.288 e. The van der Waals surface area contributed by atoms with Crippen LogP contribution in [0.1, 0.15) is 39.1 Å². The molecule has 8 heteroatoms. The summed E-state index contributed by atoms with van der Waals surface area (Å²) in [5, 5.41) is 0. The van der Waals surface area contributed by atoms with Gasteiger partial charge < -0.3 is 0 Å². The van der Waals surface area contributed by atoms with Crippen LogP contribution in [0, 0.1) is 0 Å². The summed E-state index contributed by atoms with van der Waals surface area (Å²) in [5.74, 6) is 0.338. The van der Waals surface area contributed by atoms with Crippen molar-refractivity contribution in [2.45, 2.75) is 39.8 Å². The van der Waals surface area contributed by atoms with Gasteiger partial charge in [0.1, 0.15) is 11.4 Å². The summed E-state index contributed by atoms with van der Waals surface area (Å²) in [6.45, 7) is 7.68. The SMILES string of the molecule is CC(C)N1C(=O)/C(=C2/C(=O)N(C(C)C)c3nc4ccccc4nc32)c2nc3ccccc3nc21. The van der Waals surface area contributed by atoms with E-state index >= 15 is 0 Å². The third kappa shape index (κ3) is 2.71. The van der Waals surface area contributed by atoms with Gasteiger partial charge in [0.15, 0.2) is 11.6 Å². The molecule has 4 heterocycles. The lowest BCUT2D eigenvalue weighted by Gasteiger charge is -2.20. The van der Waals surface area contributed by atoms with Gasteiger partial charge in [0.05, 0.1) is 33.2 Å². The van der Waals surface area contributed by atoms with E-state index in [1.54, 1.807) is 9.80 Å². The summed E-state index contributed by atoms with van der Waals surface area (Å²) < 4.78 is 0. The number of carbonyl (C=O) groups excluding carboxylic acids is 2. The van der Waals surface area contributed by atoms with Crippen LogP contribution in [0.25, 0.3) is 33.2 Å². The van der Waals surface area contributed by atoms with Crippen LogP contribution in [0.3, 0.4) is 0 Å². The van der Waals surface area contributed by atoms with E-state index in [1.165, 1.54) is 0 Å². The minimum atomic E-state index is -0.296. The molecule has 0 bridgehead atoms. The Bertz CT molecular complexity index is 1460. The van der Waals surface area contributed by atoms with Crippen molar-refractivity contribution in [1.29, 1.82) is 0 Å². The molecule has 0 saturated heterocycles. The van der Waals surface area contributed by atoms with Crippen LogP contribution in [0.15, 0.2) is 48.5 Å². The van der Waals surface area contributed by atoms with E-state index in [2.05, 4.69) is 0 Å². The third-order valence-electron chi connectivity index (χ3n) is 6.18. The van der Waals surface area contributed by atoms with E-state index < -0.39 is 0 Å². The van der Waals surface area contributed by atoms with Gasteiger partial charge in [-0.1, -0.05) is 24.3 Å². The molecule has 6 rings (SSSR count). The minimum absolute atomic E-state index is 0.167. The van der Waals surface area contributed by atoms with Gasteiger partial charge >= 0.3 is 0 Å². The lowest BCUT2D eigenvalue weighted by molar-refractivity contribution is -0.115. The number of nitrogens with zero attached hydrogens (tertiary/aromatic N) is 6. The molecule has 2 amide bonds. The molecule has 0 radical (unpaired) electrons. The van der Waals surface area contributed by atoms with Gasteiger partial charge in [0, 0.05) is 12.1 Å². The first-order valence-electron chi connectivity index (χ1n) is 11.3. The van der Waals surface area contributed by atoms with Crippen molar-refractivity contribution >= 4 is 56.7 Å². The molecule has 0 spiro atoms. The zero-order valence-electron chi connectivity index (χ0n) is 19.3. The smallest absolute Gasteiger partial charge is 0.262 e. The first-order valence-corrected chi connectivity index (χ1v) is 11.3. The highest BCUT2D eigenvalue weighted by Gasteiger charge is 2.46. The molecule has 2 aromatic carbocycles. The van der Waals surface area contributed by atoms with Crippen molar-refractivity contribution in [2.24, 2.45) is 0 Å². The minimum Gasteiger partial charge on any atom is -0.288 e. The van der Waals surface area contributed by atoms with Crippen LogP contribution in [-0.4, -0.2) is 43.8 Å². The number of carbonyl (C=O) groups is 2. The number of anilines is 2. The Morgan fingerprint density at radius 1 is 0.559 bits per heavy atom. The molecule has 0 fully saturated rings. The molecular formula is C26H22N6O2. The van der Waals surface area contributed by atoms with Crippen LogP contribution < -0.4 is 9.80 Å². The zero-order chi connectivity index (χ0) is 23.7. The highest BCUT2D eigenvalue weighted by atomic mass is 16.2. The Labute approximate surface area is 196 Å².